The highest BCUT2D eigenvalue weighted by Crippen LogP contribution is 2.27. The number of rotatable bonds is 4. The number of nitrogens with one attached hydrogen (secondary N) is 1. The van der Waals surface area contributed by atoms with Crippen molar-refractivity contribution in [2.24, 2.45) is 5.92 Å². The van der Waals surface area contributed by atoms with Crippen LogP contribution in [-0.4, -0.2) is 30.8 Å². The predicted octanol–water partition coefficient (Wildman–Crippen LogP) is 2.27. The average Bonchev–Trinajstić information content (AvgIpc) is 3.18. The summed E-state index contributed by atoms with van der Waals surface area (Å²) < 4.78 is 28.6. The summed E-state index contributed by atoms with van der Waals surface area (Å²) in [5, 5.41) is 10.3. The first-order valence-corrected chi connectivity index (χ1v) is 9.27. The minimum absolute atomic E-state index is 0.00101. The Morgan fingerprint density at radius 1 is 1.26 bits per heavy atom. The summed E-state index contributed by atoms with van der Waals surface area (Å²) in [5.41, 5.74) is 0.488. The first kappa shape index (κ1) is 15.7. The molecule has 0 aliphatic heterocycles. The van der Waals surface area contributed by atoms with Crippen LogP contribution in [0.1, 0.15) is 25.7 Å². The van der Waals surface area contributed by atoms with E-state index in [1.165, 1.54) is 12.1 Å². The van der Waals surface area contributed by atoms with E-state index in [9.17, 15) is 13.2 Å². The molecule has 23 heavy (non-hydrogen) atoms. The second-order valence-corrected chi connectivity index (χ2v) is 7.70. The van der Waals surface area contributed by atoms with Crippen molar-refractivity contribution in [3.8, 4) is 11.5 Å². The highest BCUT2D eigenvalue weighted by atomic mass is 32.2. The number of hydrogen-bond acceptors (Lipinski definition) is 6. The first-order valence-electron chi connectivity index (χ1n) is 7.38. The van der Waals surface area contributed by atoms with Crippen LogP contribution in [0.3, 0.4) is 0 Å². The third kappa shape index (κ3) is 3.58. The molecule has 1 aromatic carbocycles. The molecule has 0 atom stereocenters. The number of nitrogens with zero attached hydrogens (tertiary/aromatic N) is 2. The lowest BCUT2D eigenvalue weighted by molar-refractivity contribution is -0.119. The van der Waals surface area contributed by atoms with Crippen molar-refractivity contribution >= 4 is 21.8 Å². The minimum Gasteiger partial charge on any atom is -0.403 e. The number of carbonyl (C=O) groups is 1. The van der Waals surface area contributed by atoms with E-state index in [4.69, 9.17) is 4.42 Å². The summed E-state index contributed by atoms with van der Waals surface area (Å²) in [4.78, 5) is 12.2. The minimum atomic E-state index is -3.32. The molecule has 3 rings (SSSR count). The van der Waals surface area contributed by atoms with Gasteiger partial charge in [-0.15, -0.1) is 5.10 Å². The van der Waals surface area contributed by atoms with Gasteiger partial charge in [-0.05, 0) is 31.0 Å². The Hall–Kier alpha value is -2.22. The molecule has 0 spiro atoms. The van der Waals surface area contributed by atoms with E-state index in [2.05, 4.69) is 15.5 Å². The fraction of sp³-hybridized carbons (Fsp3) is 0.400. The second kappa shape index (κ2) is 6.11. The van der Waals surface area contributed by atoms with Crippen LogP contribution in [0.4, 0.5) is 6.01 Å². The lowest BCUT2D eigenvalue weighted by Crippen LogP contribution is -2.20. The highest BCUT2D eigenvalue weighted by Gasteiger charge is 2.24. The normalized spacial score (nSPS) is 15.7. The lowest BCUT2D eigenvalue weighted by atomic mass is 10.1. The maximum absolute atomic E-state index is 12.0. The van der Waals surface area contributed by atoms with E-state index in [-0.39, 0.29) is 28.6 Å². The zero-order chi connectivity index (χ0) is 16.4. The standard InChI is InChI=1S/C15H17N3O4S/c1-23(20,21)12-8-4-7-11(9-12)14-17-18-15(22-14)16-13(19)10-5-2-3-6-10/h4,7-10H,2-3,5-6H2,1H3,(H,16,18,19). The molecule has 0 radical (unpaired) electrons. The largest absolute Gasteiger partial charge is 0.403 e. The average molecular weight is 335 g/mol. The van der Waals surface area contributed by atoms with Crippen LogP contribution in [0.5, 0.6) is 0 Å². The van der Waals surface area contributed by atoms with Crippen LogP contribution in [0.2, 0.25) is 0 Å². The molecule has 7 nitrogen and oxygen atoms in total. The molecule has 1 aliphatic rings. The third-order valence-corrected chi connectivity index (χ3v) is 5.00. The van der Waals surface area contributed by atoms with Gasteiger partial charge < -0.3 is 4.42 Å². The number of amides is 1. The van der Waals surface area contributed by atoms with Gasteiger partial charge in [-0.3, -0.25) is 10.1 Å². The fourth-order valence-corrected chi connectivity index (χ4v) is 3.31. The summed E-state index contributed by atoms with van der Waals surface area (Å²) in [6, 6.07) is 6.27. The zero-order valence-corrected chi connectivity index (χ0v) is 13.5. The lowest BCUT2D eigenvalue weighted by Gasteiger charge is -2.06. The van der Waals surface area contributed by atoms with Crippen LogP contribution < -0.4 is 5.32 Å². The summed E-state index contributed by atoms with van der Waals surface area (Å²) in [7, 11) is -3.32. The quantitative estimate of drug-likeness (QED) is 0.919. The summed E-state index contributed by atoms with van der Waals surface area (Å²) >= 11 is 0. The summed E-state index contributed by atoms with van der Waals surface area (Å²) in [5.74, 6) is 0.0544. The smallest absolute Gasteiger partial charge is 0.322 e. The second-order valence-electron chi connectivity index (χ2n) is 5.68. The molecule has 1 amide bonds. The predicted molar refractivity (Wildman–Crippen MR) is 83.4 cm³/mol. The van der Waals surface area contributed by atoms with Crippen LogP contribution in [0.15, 0.2) is 33.6 Å². The molecule has 1 aromatic heterocycles. The molecule has 0 saturated heterocycles. The topological polar surface area (TPSA) is 102 Å². The maximum atomic E-state index is 12.0. The SMILES string of the molecule is CS(=O)(=O)c1cccc(-c2nnc(NC(=O)C3CCCC3)o2)c1. The molecular formula is C15H17N3O4S. The Bertz CT molecular complexity index is 823. The van der Waals surface area contributed by atoms with Gasteiger partial charge in [0, 0.05) is 17.7 Å². The highest BCUT2D eigenvalue weighted by molar-refractivity contribution is 7.90. The Labute approximate surface area is 134 Å². The summed E-state index contributed by atoms with van der Waals surface area (Å²) in [6.07, 6.45) is 5.01. The van der Waals surface area contributed by atoms with E-state index < -0.39 is 9.84 Å². The Balaban J connectivity index is 1.78. The monoisotopic (exact) mass is 335 g/mol. The van der Waals surface area contributed by atoms with Crippen LogP contribution in [-0.2, 0) is 14.6 Å². The van der Waals surface area contributed by atoms with Gasteiger partial charge in [0.15, 0.2) is 9.84 Å². The number of anilines is 1. The van der Waals surface area contributed by atoms with Crippen molar-refractivity contribution in [1.29, 1.82) is 0 Å². The molecule has 1 N–H and O–H groups in total. The number of carbonyl (C=O) groups excluding carboxylic acids is 1. The molecule has 1 fully saturated rings. The van der Waals surface area contributed by atoms with Crippen molar-refractivity contribution < 1.29 is 17.6 Å². The van der Waals surface area contributed by atoms with Gasteiger partial charge in [-0.1, -0.05) is 24.0 Å². The van der Waals surface area contributed by atoms with E-state index in [1.807, 2.05) is 0 Å². The van der Waals surface area contributed by atoms with Crippen molar-refractivity contribution in [2.75, 3.05) is 11.6 Å². The van der Waals surface area contributed by atoms with Crippen molar-refractivity contribution in [2.45, 2.75) is 30.6 Å². The van der Waals surface area contributed by atoms with E-state index in [0.717, 1.165) is 31.9 Å². The molecule has 1 heterocycles. The Morgan fingerprint density at radius 2 is 2.00 bits per heavy atom. The number of aromatic nitrogens is 2. The molecule has 1 saturated carbocycles. The Morgan fingerprint density at radius 3 is 2.70 bits per heavy atom. The zero-order valence-electron chi connectivity index (χ0n) is 12.7. The number of hydrogen-bond donors (Lipinski definition) is 1. The Kier molecular flexibility index (Phi) is 4.16. The van der Waals surface area contributed by atoms with Crippen molar-refractivity contribution in [3.63, 3.8) is 0 Å². The van der Waals surface area contributed by atoms with Crippen LogP contribution >= 0.6 is 0 Å². The molecule has 122 valence electrons. The van der Waals surface area contributed by atoms with Gasteiger partial charge in [0.05, 0.1) is 4.90 Å². The van der Waals surface area contributed by atoms with Crippen LogP contribution in [0, 0.1) is 5.92 Å². The molecule has 0 unspecified atom stereocenters. The molecule has 8 heteroatoms. The maximum Gasteiger partial charge on any atom is 0.322 e. The van der Waals surface area contributed by atoms with Gasteiger partial charge >= 0.3 is 6.01 Å². The van der Waals surface area contributed by atoms with E-state index >= 15 is 0 Å². The van der Waals surface area contributed by atoms with Gasteiger partial charge in [0.25, 0.3) is 0 Å². The summed E-state index contributed by atoms with van der Waals surface area (Å²) in [6.45, 7) is 0. The van der Waals surface area contributed by atoms with E-state index in [1.54, 1.807) is 12.1 Å². The molecular weight excluding hydrogens is 318 g/mol. The van der Waals surface area contributed by atoms with Crippen molar-refractivity contribution in [3.05, 3.63) is 24.3 Å². The molecule has 0 bridgehead atoms. The van der Waals surface area contributed by atoms with Gasteiger partial charge in [0.1, 0.15) is 0 Å². The molecule has 2 aromatic rings. The van der Waals surface area contributed by atoms with Crippen LogP contribution in [0.25, 0.3) is 11.5 Å². The molecule has 1 aliphatic carbocycles. The van der Waals surface area contributed by atoms with Crippen molar-refractivity contribution in [1.82, 2.24) is 10.2 Å². The van der Waals surface area contributed by atoms with Gasteiger partial charge in [-0.25, -0.2) is 8.42 Å². The van der Waals surface area contributed by atoms with Gasteiger partial charge in [-0.2, -0.15) is 0 Å². The van der Waals surface area contributed by atoms with E-state index in [0.29, 0.717) is 5.56 Å². The fourth-order valence-electron chi connectivity index (χ4n) is 2.65. The first-order chi connectivity index (χ1) is 10.9. The third-order valence-electron chi connectivity index (χ3n) is 3.89. The van der Waals surface area contributed by atoms with Gasteiger partial charge in [0.2, 0.25) is 11.8 Å². The number of sulfone groups is 1. The number of benzene rings is 1.